The van der Waals surface area contributed by atoms with E-state index in [0.29, 0.717) is 28.0 Å². The van der Waals surface area contributed by atoms with Crippen LogP contribution in [0.1, 0.15) is 36.4 Å². The minimum absolute atomic E-state index is 0.00494. The summed E-state index contributed by atoms with van der Waals surface area (Å²) in [5.74, 6) is 0.433. The van der Waals surface area contributed by atoms with Gasteiger partial charge in [-0.1, -0.05) is 19.1 Å². The van der Waals surface area contributed by atoms with Gasteiger partial charge in [-0.3, -0.25) is 4.79 Å². The lowest BCUT2D eigenvalue weighted by atomic mass is 10.2. The number of furan rings is 1. The number of carbonyl (C=O) groups is 1. The quantitative estimate of drug-likeness (QED) is 0.520. The van der Waals surface area contributed by atoms with Gasteiger partial charge in [-0.15, -0.1) is 0 Å². The lowest BCUT2D eigenvalue weighted by Gasteiger charge is -2.11. The summed E-state index contributed by atoms with van der Waals surface area (Å²) in [5.41, 5.74) is 8.77. The number of fused-ring (bicyclic) bond motifs is 2. The molecule has 1 atom stereocenters. The van der Waals surface area contributed by atoms with Gasteiger partial charge in [0.25, 0.3) is 5.91 Å². The summed E-state index contributed by atoms with van der Waals surface area (Å²) in [6, 6.07) is 11.0. The van der Waals surface area contributed by atoms with Crippen LogP contribution in [0.2, 0.25) is 0 Å². The van der Waals surface area contributed by atoms with Crippen LogP contribution in [0.4, 0.5) is 5.82 Å². The molecule has 3 N–H and O–H groups in total. The van der Waals surface area contributed by atoms with Crippen LogP contribution < -0.4 is 11.1 Å². The van der Waals surface area contributed by atoms with Crippen molar-refractivity contribution >= 4 is 40.1 Å². The van der Waals surface area contributed by atoms with E-state index in [1.165, 1.54) is 10.9 Å². The standard InChI is InChI=1S/C20H20N6O2/c1-3-12(2)23-20(27)16-17-19(25-15-9-5-4-8-14(15)24-17)26(18(16)21)22-11-13-7-6-10-28-13/h4-12H,3,21H2,1-2H3,(H,23,27). The van der Waals surface area contributed by atoms with Gasteiger partial charge < -0.3 is 15.5 Å². The lowest BCUT2D eigenvalue weighted by molar-refractivity contribution is 0.0941. The van der Waals surface area contributed by atoms with Gasteiger partial charge in [0.2, 0.25) is 0 Å². The van der Waals surface area contributed by atoms with E-state index in [2.05, 4.69) is 20.4 Å². The van der Waals surface area contributed by atoms with E-state index in [1.54, 1.807) is 18.4 Å². The number of anilines is 1. The molecular weight excluding hydrogens is 356 g/mol. The number of amides is 1. The van der Waals surface area contributed by atoms with Gasteiger partial charge in [0, 0.05) is 6.04 Å². The van der Waals surface area contributed by atoms with E-state index in [9.17, 15) is 4.79 Å². The van der Waals surface area contributed by atoms with Gasteiger partial charge in [-0.05, 0) is 37.6 Å². The maximum Gasteiger partial charge on any atom is 0.257 e. The summed E-state index contributed by atoms with van der Waals surface area (Å²) in [5, 5.41) is 7.32. The van der Waals surface area contributed by atoms with Crippen LogP contribution in [0.5, 0.6) is 0 Å². The monoisotopic (exact) mass is 376 g/mol. The Morgan fingerprint density at radius 2 is 2.04 bits per heavy atom. The van der Waals surface area contributed by atoms with Crippen LogP contribution in [-0.2, 0) is 0 Å². The second-order valence-electron chi connectivity index (χ2n) is 6.50. The summed E-state index contributed by atoms with van der Waals surface area (Å²) in [4.78, 5) is 22.2. The van der Waals surface area contributed by atoms with Crippen molar-refractivity contribution in [2.45, 2.75) is 26.3 Å². The van der Waals surface area contributed by atoms with Gasteiger partial charge in [-0.25, -0.2) is 9.97 Å². The normalized spacial score (nSPS) is 12.8. The second kappa shape index (κ2) is 7.15. The van der Waals surface area contributed by atoms with E-state index in [0.717, 1.165) is 6.42 Å². The summed E-state index contributed by atoms with van der Waals surface area (Å²) < 4.78 is 6.70. The van der Waals surface area contributed by atoms with Crippen molar-refractivity contribution in [1.82, 2.24) is 20.0 Å². The number of nitrogens with two attached hydrogens (primary N) is 1. The topological polar surface area (TPSA) is 111 Å². The molecule has 0 aliphatic rings. The fraction of sp³-hybridized carbons (Fsp3) is 0.200. The van der Waals surface area contributed by atoms with Gasteiger partial charge in [0.1, 0.15) is 22.7 Å². The number of nitrogens with one attached hydrogen (secondary N) is 1. The van der Waals surface area contributed by atoms with Crippen molar-refractivity contribution < 1.29 is 9.21 Å². The Balaban J connectivity index is 1.93. The van der Waals surface area contributed by atoms with Gasteiger partial charge in [0.05, 0.1) is 23.5 Å². The van der Waals surface area contributed by atoms with Crippen molar-refractivity contribution in [2.24, 2.45) is 5.10 Å². The molecule has 0 bridgehead atoms. The molecule has 0 spiro atoms. The van der Waals surface area contributed by atoms with Crippen LogP contribution in [0.25, 0.3) is 22.2 Å². The second-order valence-corrected chi connectivity index (χ2v) is 6.50. The number of nitrogen functional groups attached to an aromatic ring is 1. The third kappa shape index (κ3) is 3.09. The number of hydrogen-bond acceptors (Lipinski definition) is 6. The highest BCUT2D eigenvalue weighted by atomic mass is 16.3. The average molecular weight is 376 g/mol. The molecule has 4 aromatic rings. The molecule has 0 radical (unpaired) electrons. The Morgan fingerprint density at radius 3 is 2.71 bits per heavy atom. The molecule has 3 heterocycles. The number of nitrogens with zero attached hydrogens (tertiary/aromatic N) is 4. The number of rotatable bonds is 5. The maximum atomic E-state index is 12.9. The molecule has 142 valence electrons. The van der Waals surface area contributed by atoms with Gasteiger partial charge in [-0.2, -0.15) is 9.78 Å². The van der Waals surface area contributed by atoms with Crippen molar-refractivity contribution in [3.8, 4) is 0 Å². The van der Waals surface area contributed by atoms with Crippen molar-refractivity contribution in [3.63, 3.8) is 0 Å². The molecule has 28 heavy (non-hydrogen) atoms. The van der Waals surface area contributed by atoms with Crippen LogP contribution >= 0.6 is 0 Å². The van der Waals surface area contributed by atoms with Crippen LogP contribution in [0.15, 0.2) is 52.2 Å². The number of carbonyl (C=O) groups excluding carboxylic acids is 1. The Labute approximate surface area is 161 Å². The summed E-state index contributed by atoms with van der Waals surface area (Å²) in [7, 11) is 0. The highest BCUT2D eigenvalue weighted by Gasteiger charge is 2.24. The Bertz CT molecular complexity index is 1180. The molecule has 0 saturated heterocycles. The molecule has 1 aromatic carbocycles. The predicted molar refractivity (Wildman–Crippen MR) is 108 cm³/mol. The summed E-state index contributed by atoms with van der Waals surface area (Å²) in [6.07, 6.45) is 3.87. The first-order chi connectivity index (χ1) is 13.6. The van der Waals surface area contributed by atoms with Crippen LogP contribution in [0.3, 0.4) is 0 Å². The van der Waals surface area contributed by atoms with E-state index >= 15 is 0 Å². The van der Waals surface area contributed by atoms with Gasteiger partial charge in [0.15, 0.2) is 5.65 Å². The first-order valence-electron chi connectivity index (χ1n) is 9.04. The number of hydrogen-bond donors (Lipinski definition) is 2. The molecule has 8 nitrogen and oxygen atoms in total. The minimum atomic E-state index is -0.298. The van der Waals surface area contributed by atoms with Crippen molar-refractivity contribution in [3.05, 3.63) is 54.0 Å². The van der Waals surface area contributed by atoms with Crippen molar-refractivity contribution in [1.29, 1.82) is 0 Å². The number of para-hydroxylation sites is 2. The fourth-order valence-corrected chi connectivity index (χ4v) is 2.87. The van der Waals surface area contributed by atoms with Crippen LogP contribution in [0, 0.1) is 0 Å². The summed E-state index contributed by atoms with van der Waals surface area (Å²) >= 11 is 0. The Morgan fingerprint density at radius 1 is 1.29 bits per heavy atom. The molecular formula is C20H20N6O2. The third-order valence-electron chi connectivity index (χ3n) is 4.53. The summed E-state index contributed by atoms with van der Waals surface area (Å²) in [6.45, 7) is 3.93. The number of benzene rings is 1. The fourth-order valence-electron chi connectivity index (χ4n) is 2.87. The molecule has 0 fully saturated rings. The molecule has 1 amide bonds. The highest BCUT2D eigenvalue weighted by Crippen LogP contribution is 2.28. The smallest absolute Gasteiger partial charge is 0.257 e. The van der Waals surface area contributed by atoms with Crippen molar-refractivity contribution in [2.75, 3.05) is 5.73 Å². The molecule has 0 aliphatic carbocycles. The molecule has 1 unspecified atom stereocenters. The first-order valence-corrected chi connectivity index (χ1v) is 9.04. The molecule has 4 rings (SSSR count). The highest BCUT2D eigenvalue weighted by molar-refractivity contribution is 6.10. The largest absolute Gasteiger partial charge is 0.463 e. The number of aromatic nitrogens is 3. The molecule has 8 heteroatoms. The van der Waals surface area contributed by atoms with E-state index in [1.807, 2.05) is 38.1 Å². The molecule has 3 aromatic heterocycles. The Hall–Kier alpha value is -3.68. The van der Waals surface area contributed by atoms with E-state index in [-0.39, 0.29) is 23.3 Å². The Kier molecular flexibility index (Phi) is 4.52. The zero-order valence-electron chi connectivity index (χ0n) is 15.6. The maximum absolute atomic E-state index is 12.9. The zero-order valence-corrected chi connectivity index (χ0v) is 15.6. The third-order valence-corrected chi connectivity index (χ3v) is 4.53. The SMILES string of the molecule is CCC(C)NC(=O)c1c(N)n(N=Cc2ccco2)c2nc3ccccc3nc12. The van der Waals surface area contributed by atoms with E-state index in [4.69, 9.17) is 10.2 Å². The van der Waals surface area contributed by atoms with E-state index < -0.39 is 0 Å². The minimum Gasteiger partial charge on any atom is -0.463 e. The molecule has 0 saturated carbocycles. The van der Waals surface area contributed by atoms with Gasteiger partial charge >= 0.3 is 0 Å². The predicted octanol–water partition coefficient (Wildman–Crippen LogP) is 3.17. The zero-order chi connectivity index (χ0) is 19.7. The first kappa shape index (κ1) is 17.7. The van der Waals surface area contributed by atoms with Crippen LogP contribution in [-0.4, -0.2) is 32.8 Å². The average Bonchev–Trinajstić information content (AvgIpc) is 3.30. The molecule has 0 aliphatic heterocycles. The lowest BCUT2D eigenvalue weighted by Crippen LogP contribution is -2.32.